The molecule has 1 saturated carbocycles. The molecular weight excluding hydrogens is 282 g/mol. The van der Waals surface area contributed by atoms with Crippen LogP contribution in [0.2, 0.25) is 0 Å². The molecular formula is C17H25NO4. The third-order valence-corrected chi connectivity index (χ3v) is 4.74. The van der Waals surface area contributed by atoms with Crippen molar-refractivity contribution in [3.05, 3.63) is 12.7 Å². The Balaban J connectivity index is 1.81. The van der Waals surface area contributed by atoms with Crippen LogP contribution in [0.5, 0.6) is 0 Å². The van der Waals surface area contributed by atoms with E-state index in [9.17, 15) is 14.4 Å². The second-order valence-electron chi connectivity index (χ2n) is 6.20. The Morgan fingerprint density at radius 2 is 1.86 bits per heavy atom. The monoisotopic (exact) mass is 307 g/mol. The van der Waals surface area contributed by atoms with Gasteiger partial charge in [0, 0.05) is 12.8 Å². The molecule has 0 aromatic heterocycles. The average Bonchev–Trinajstić information content (AvgIpc) is 3.06. The van der Waals surface area contributed by atoms with E-state index in [0.29, 0.717) is 29.3 Å². The molecule has 2 rings (SSSR count). The molecule has 1 aliphatic carbocycles. The summed E-state index contributed by atoms with van der Waals surface area (Å²) in [7, 11) is 0. The summed E-state index contributed by atoms with van der Waals surface area (Å²) in [5.74, 6) is 0.636. The lowest BCUT2D eigenvalue weighted by Crippen LogP contribution is -2.36. The lowest BCUT2D eigenvalue weighted by atomic mass is 10.1. The summed E-state index contributed by atoms with van der Waals surface area (Å²) >= 11 is 0. The number of nitrogens with zero attached hydrogens (tertiary/aromatic N) is 1. The number of allylic oxidation sites excluding steroid dienone is 1. The Labute approximate surface area is 131 Å². The quantitative estimate of drug-likeness (QED) is 0.510. The predicted molar refractivity (Wildman–Crippen MR) is 81.9 cm³/mol. The summed E-state index contributed by atoms with van der Waals surface area (Å²) in [4.78, 5) is 35.5. The minimum absolute atomic E-state index is 0.110. The fraction of sp³-hybridized carbons (Fsp3) is 0.706. The second kappa shape index (κ2) is 7.56. The number of ether oxygens (including phenoxy) is 1. The smallest absolute Gasteiger partial charge is 0.423 e. The molecule has 22 heavy (non-hydrogen) atoms. The zero-order valence-electron chi connectivity index (χ0n) is 13.3. The predicted octanol–water partition coefficient (Wildman–Crippen LogP) is 3.29. The highest BCUT2D eigenvalue weighted by Gasteiger charge is 2.49. The molecule has 5 heteroatoms. The van der Waals surface area contributed by atoms with E-state index in [1.54, 1.807) is 0 Å². The van der Waals surface area contributed by atoms with Gasteiger partial charge in [-0.1, -0.05) is 25.8 Å². The minimum Gasteiger partial charge on any atom is -0.448 e. The van der Waals surface area contributed by atoms with Crippen LogP contribution in [0.3, 0.4) is 0 Å². The first-order chi connectivity index (χ1) is 10.6. The van der Waals surface area contributed by atoms with Crippen LogP contribution in [0, 0.1) is 17.8 Å². The van der Waals surface area contributed by atoms with E-state index >= 15 is 0 Å². The molecule has 1 saturated heterocycles. The van der Waals surface area contributed by atoms with Gasteiger partial charge in [-0.15, -0.1) is 6.58 Å². The second-order valence-corrected chi connectivity index (χ2v) is 6.20. The van der Waals surface area contributed by atoms with Crippen molar-refractivity contribution in [2.75, 3.05) is 6.61 Å². The van der Waals surface area contributed by atoms with Crippen LogP contribution in [0.1, 0.15) is 51.9 Å². The highest BCUT2D eigenvalue weighted by molar-refractivity contribution is 6.13. The SMILES string of the molecule is C=CCC[C@H]1[C@@H](CCCC)[C@H]1COC(=O)N1C(=O)CCC1=O. The van der Waals surface area contributed by atoms with E-state index in [-0.39, 0.29) is 12.8 Å². The van der Waals surface area contributed by atoms with E-state index in [4.69, 9.17) is 4.74 Å². The van der Waals surface area contributed by atoms with Gasteiger partial charge in [-0.2, -0.15) is 4.90 Å². The fourth-order valence-electron chi connectivity index (χ4n) is 3.39. The normalized spacial score (nSPS) is 27.1. The molecule has 5 nitrogen and oxygen atoms in total. The Hall–Kier alpha value is -1.65. The number of carbonyl (C=O) groups is 3. The van der Waals surface area contributed by atoms with Crippen molar-refractivity contribution in [1.29, 1.82) is 0 Å². The Morgan fingerprint density at radius 1 is 1.23 bits per heavy atom. The topological polar surface area (TPSA) is 63.7 Å². The highest BCUT2D eigenvalue weighted by atomic mass is 16.6. The first-order valence-corrected chi connectivity index (χ1v) is 8.23. The number of amides is 3. The lowest BCUT2D eigenvalue weighted by Gasteiger charge is -2.12. The number of hydrogen-bond donors (Lipinski definition) is 0. The number of imide groups is 3. The van der Waals surface area contributed by atoms with Gasteiger partial charge in [0.15, 0.2) is 0 Å². The maximum atomic E-state index is 11.9. The van der Waals surface area contributed by atoms with Crippen molar-refractivity contribution in [1.82, 2.24) is 4.90 Å². The van der Waals surface area contributed by atoms with Crippen molar-refractivity contribution in [3.8, 4) is 0 Å². The maximum Gasteiger partial charge on any atom is 0.423 e. The van der Waals surface area contributed by atoms with Crippen LogP contribution in [0.15, 0.2) is 12.7 Å². The molecule has 0 radical (unpaired) electrons. The van der Waals surface area contributed by atoms with Gasteiger partial charge < -0.3 is 4.74 Å². The van der Waals surface area contributed by atoms with E-state index in [2.05, 4.69) is 13.5 Å². The van der Waals surface area contributed by atoms with Gasteiger partial charge >= 0.3 is 6.09 Å². The van der Waals surface area contributed by atoms with Gasteiger partial charge in [0.1, 0.15) is 0 Å². The average molecular weight is 307 g/mol. The maximum absolute atomic E-state index is 11.9. The van der Waals surface area contributed by atoms with E-state index in [1.807, 2.05) is 6.08 Å². The molecule has 0 aromatic rings. The van der Waals surface area contributed by atoms with Gasteiger partial charge in [-0.25, -0.2) is 4.79 Å². The van der Waals surface area contributed by atoms with Crippen molar-refractivity contribution in [2.24, 2.45) is 17.8 Å². The summed E-state index contributed by atoms with van der Waals surface area (Å²) in [6.45, 7) is 6.23. The van der Waals surface area contributed by atoms with Crippen molar-refractivity contribution >= 4 is 17.9 Å². The Kier molecular flexibility index (Phi) is 5.75. The van der Waals surface area contributed by atoms with Crippen LogP contribution in [0.4, 0.5) is 4.79 Å². The van der Waals surface area contributed by atoms with Crippen LogP contribution < -0.4 is 0 Å². The molecule has 3 amide bonds. The van der Waals surface area contributed by atoms with E-state index < -0.39 is 17.9 Å². The summed E-state index contributed by atoms with van der Waals surface area (Å²) in [5.41, 5.74) is 0. The number of rotatable bonds is 8. The minimum atomic E-state index is -0.795. The molecule has 0 bridgehead atoms. The molecule has 1 aliphatic heterocycles. The van der Waals surface area contributed by atoms with Gasteiger partial charge in [0.25, 0.3) is 0 Å². The molecule has 3 atom stereocenters. The Morgan fingerprint density at radius 3 is 2.45 bits per heavy atom. The zero-order chi connectivity index (χ0) is 16.1. The third-order valence-electron chi connectivity index (χ3n) is 4.74. The third kappa shape index (κ3) is 3.76. The molecule has 0 N–H and O–H groups in total. The first-order valence-electron chi connectivity index (χ1n) is 8.23. The van der Waals surface area contributed by atoms with Gasteiger partial charge in [0.05, 0.1) is 6.61 Å². The van der Waals surface area contributed by atoms with Crippen LogP contribution in [-0.4, -0.2) is 29.4 Å². The molecule has 0 unspecified atom stereocenters. The Bertz CT molecular complexity index is 444. The number of unbranched alkanes of at least 4 members (excludes halogenated alkanes) is 1. The molecule has 122 valence electrons. The van der Waals surface area contributed by atoms with Gasteiger partial charge in [0.2, 0.25) is 11.8 Å². The fourth-order valence-corrected chi connectivity index (χ4v) is 3.39. The molecule has 2 aliphatic rings. The summed E-state index contributed by atoms with van der Waals surface area (Å²) in [6.07, 6.45) is 6.88. The van der Waals surface area contributed by atoms with Gasteiger partial charge in [-0.05, 0) is 37.0 Å². The number of hydrogen-bond acceptors (Lipinski definition) is 4. The largest absolute Gasteiger partial charge is 0.448 e. The zero-order valence-corrected chi connectivity index (χ0v) is 13.3. The molecule has 1 heterocycles. The summed E-state index contributed by atoms with van der Waals surface area (Å²) in [6, 6.07) is 0. The summed E-state index contributed by atoms with van der Waals surface area (Å²) in [5, 5.41) is 0. The standard InChI is InChI=1S/C17H25NO4/c1-3-5-7-12-13(8-6-4-2)14(12)11-22-17(21)18-15(19)9-10-16(18)20/h3,12-14H,1,4-11H2,2H3/t12-,13+,14-/m0/s1. The lowest BCUT2D eigenvalue weighted by molar-refractivity contribution is -0.136. The van der Waals surface area contributed by atoms with Crippen molar-refractivity contribution in [3.63, 3.8) is 0 Å². The molecule has 0 spiro atoms. The number of likely N-dealkylation sites (tertiary alicyclic amines) is 1. The summed E-state index contributed by atoms with van der Waals surface area (Å²) < 4.78 is 5.23. The van der Waals surface area contributed by atoms with Crippen LogP contribution in [0.25, 0.3) is 0 Å². The van der Waals surface area contributed by atoms with Crippen LogP contribution >= 0.6 is 0 Å². The molecule has 2 fully saturated rings. The van der Waals surface area contributed by atoms with Crippen LogP contribution in [-0.2, 0) is 14.3 Å². The molecule has 0 aromatic carbocycles. The van der Waals surface area contributed by atoms with E-state index in [0.717, 1.165) is 25.7 Å². The number of carbonyl (C=O) groups excluding carboxylic acids is 3. The van der Waals surface area contributed by atoms with Crippen molar-refractivity contribution in [2.45, 2.75) is 51.9 Å². The van der Waals surface area contributed by atoms with E-state index in [1.165, 1.54) is 6.42 Å². The highest BCUT2D eigenvalue weighted by Crippen LogP contribution is 2.52. The van der Waals surface area contributed by atoms with Gasteiger partial charge in [-0.3, -0.25) is 9.59 Å². The van der Waals surface area contributed by atoms with Crippen molar-refractivity contribution < 1.29 is 19.1 Å². The first kappa shape index (κ1) is 16.7.